The van der Waals surface area contributed by atoms with Gasteiger partial charge in [0.2, 0.25) is 0 Å². The molecule has 2 unspecified atom stereocenters. The fourth-order valence-electron chi connectivity index (χ4n) is 3.44. The SMILES string of the molecule is COc1ccc(C(c2ccc(Cl)cc2)N2CCCC2C(=O)O)cc1F. The summed E-state index contributed by atoms with van der Waals surface area (Å²) in [5.41, 5.74) is 1.57. The van der Waals surface area contributed by atoms with E-state index in [0.29, 0.717) is 23.6 Å². The molecule has 6 heteroatoms. The maximum absolute atomic E-state index is 14.3. The molecule has 0 aliphatic carbocycles. The molecule has 0 radical (unpaired) electrons. The molecular weight excluding hydrogens is 345 g/mol. The van der Waals surface area contributed by atoms with E-state index in [4.69, 9.17) is 16.3 Å². The number of rotatable bonds is 5. The number of carbonyl (C=O) groups is 1. The number of halogens is 2. The predicted octanol–water partition coefficient (Wildman–Crippen LogP) is 4.13. The van der Waals surface area contributed by atoms with Crippen molar-refractivity contribution in [1.29, 1.82) is 0 Å². The van der Waals surface area contributed by atoms with Crippen LogP contribution in [0, 0.1) is 5.82 Å². The molecule has 2 aromatic rings. The number of ether oxygens (including phenoxy) is 1. The van der Waals surface area contributed by atoms with Crippen LogP contribution in [-0.2, 0) is 4.79 Å². The predicted molar refractivity (Wildman–Crippen MR) is 93.6 cm³/mol. The highest BCUT2D eigenvalue weighted by atomic mass is 35.5. The highest BCUT2D eigenvalue weighted by Crippen LogP contribution is 2.36. The number of hydrogen-bond donors (Lipinski definition) is 1. The second-order valence-electron chi connectivity index (χ2n) is 6.08. The minimum absolute atomic E-state index is 0.162. The van der Waals surface area contributed by atoms with Gasteiger partial charge in [0.15, 0.2) is 11.6 Å². The summed E-state index contributed by atoms with van der Waals surface area (Å²) in [6.45, 7) is 0.637. The number of carboxylic acids is 1. The molecule has 0 bridgehead atoms. The summed E-state index contributed by atoms with van der Waals surface area (Å²) in [5.74, 6) is -1.16. The first-order valence-corrected chi connectivity index (χ1v) is 8.46. The van der Waals surface area contributed by atoms with Crippen LogP contribution >= 0.6 is 11.6 Å². The van der Waals surface area contributed by atoms with Crippen molar-refractivity contribution in [3.8, 4) is 5.75 Å². The fourth-order valence-corrected chi connectivity index (χ4v) is 3.56. The van der Waals surface area contributed by atoms with Gasteiger partial charge in [-0.2, -0.15) is 0 Å². The second kappa shape index (κ2) is 7.42. The van der Waals surface area contributed by atoms with Crippen molar-refractivity contribution in [1.82, 2.24) is 4.90 Å². The lowest BCUT2D eigenvalue weighted by atomic mass is 9.96. The molecule has 0 spiro atoms. The summed E-state index contributed by atoms with van der Waals surface area (Å²) in [6.07, 6.45) is 1.37. The van der Waals surface area contributed by atoms with Crippen molar-refractivity contribution in [2.75, 3.05) is 13.7 Å². The maximum Gasteiger partial charge on any atom is 0.320 e. The molecule has 1 N–H and O–H groups in total. The zero-order chi connectivity index (χ0) is 18.0. The Balaban J connectivity index is 2.07. The van der Waals surface area contributed by atoms with E-state index >= 15 is 0 Å². The quantitative estimate of drug-likeness (QED) is 0.867. The van der Waals surface area contributed by atoms with Gasteiger partial charge in [0.1, 0.15) is 6.04 Å². The van der Waals surface area contributed by atoms with Crippen LogP contribution in [-0.4, -0.2) is 35.7 Å². The number of benzene rings is 2. The lowest BCUT2D eigenvalue weighted by Crippen LogP contribution is -2.39. The van der Waals surface area contributed by atoms with Crippen LogP contribution in [0.15, 0.2) is 42.5 Å². The van der Waals surface area contributed by atoms with Gasteiger partial charge >= 0.3 is 5.97 Å². The van der Waals surface area contributed by atoms with Crippen molar-refractivity contribution >= 4 is 17.6 Å². The van der Waals surface area contributed by atoms with E-state index in [1.54, 1.807) is 24.3 Å². The maximum atomic E-state index is 14.3. The van der Waals surface area contributed by atoms with E-state index in [1.807, 2.05) is 17.0 Å². The third kappa shape index (κ3) is 3.62. The highest BCUT2D eigenvalue weighted by molar-refractivity contribution is 6.30. The molecular formula is C19H19ClFNO3. The van der Waals surface area contributed by atoms with Crippen LogP contribution in [0.1, 0.15) is 30.0 Å². The van der Waals surface area contributed by atoms with Gasteiger partial charge in [0, 0.05) is 11.6 Å². The van der Waals surface area contributed by atoms with Crippen LogP contribution in [0.2, 0.25) is 5.02 Å². The zero-order valence-electron chi connectivity index (χ0n) is 13.8. The third-order valence-corrected chi connectivity index (χ3v) is 4.84. The molecule has 4 nitrogen and oxygen atoms in total. The molecule has 1 fully saturated rings. The van der Waals surface area contributed by atoms with Crippen molar-refractivity contribution < 1.29 is 19.0 Å². The summed E-state index contributed by atoms with van der Waals surface area (Å²) in [7, 11) is 1.41. The van der Waals surface area contributed by atoms with E-state index < -0.39 is 17.8 Å². The molecule has 0 amide bonds. The Morgan fingerprint density at radius 2 is 1.96 bits per heavy atom. The van der Waals surface area contributed by atoms with E-state index in [1.165, 1.54) is 13.2 Å². The van der Waals surface area contributed by atoms with Crippen LogP contribution in [0.5, 0.6) is 5.75 Å². The summed E-state index contributed by atoms with van der Waals surface area (Å²) in [5, 5.41) is 10.1. The van der Waals surface area contributed by atoms with Crippen LogP contribution in [0.25, 0.3) is 0 Å². The lowest BCUT2D eigenvalue weighted by Gasteiger charge is -2.32. The first kappa shape index (κ1) is 17.7. The van der Waals surface area contributed by atoms with Crippen LogP contribution < -0.4 is 4.74 Å². The van der Waals surface area contributed by atoms with Crippen molar-refractivity contribution in [2.45, 2.75) is 24.9 Å². The normalized spacial score (nSPS) is 18.9. The Morgan fingerprint density at radius 3 is 2.56 bits per heavy atom. The average Bonchev–Trinajstić information content (AvgIpc) is 3.06. The van der Waals surface area contributed by atoms with Gasteiger partial charge in [-0.25, -0.2) is 4.39 Å². The molecule has 1 aliphatic heterocycles. The number of aliphatic carboxylic acids is 1. The summed E-state index contributed by atoms with van der Waals surface area (Å²) >= 11 is 5.98. The second-order valence-corrected chi connectivity index (χ2v) is 6.52. The smallest absolute Gasteiger partial charge is 0.320 e. The Hall–Kier alpha value is -2.11. The lowest BCUT2D eigenvalue weighted by molar-refractivity contribution is -0.142. The molecule has 132 valence electrons. The molecule has 1 saturated heterocycles. The van der Waals surface area contributed by atoms with Crippen molar-refractivity contribution in [3.63, 3.8) is 0 Å². The van der Waals surface area contributed by atoms with Gasteiger partial charge in [-0.05, 0) is 48.2 Å². The molecule has 1 heterocycles. The fraction of sp³-hybridized carbons (Fsp3) is 0.316. The van der Waals surface area contributed by atoms with Gasteiger partial charge in [-0.1, -0.05) is 29.8 Å². The Kier molecular flexibility index (Phi) is 5.25. The third-order valence-electron chi connectivity index (χ3n) is 4.59. The van der Waals surface area contributed by atoms with Gasteiger partial charge in [0.05, 0.1) is 13.2 Å². The van der Waals surface area contributed by atoms with E-state index in [9.17, 15) is 14.3 Å². The van der Waals surface area contributed by atoms with Gasteiger partial charge < -0.3 is 9.84 Å². The van der Waals surface area contributed by atoms with Gasteiger partial charge in [0.25, 0.3) is 0 Å². The number of likely N-dealkylation sites (tertiary alicyclic amines) is 1. The number of carboxylic acid groups (broad SMARTS) is 1. The molecule has 25 heavy (non-hydrogen) atoms. The van der Waals surface area contributed by atoms with Crippen LogP contribution in [0.3, 0.4) is 0 Å². The molecule has 2 aromatic carbocycles. The standard InChI is InChI=1S/C19H19ClFNO3/c1-25-17-9-6-13(11-15(17)21)18(12-4-7-14(20)8-5-12)22-10-2-3-16(22)19(23)24/h4-9,11,16,18H,2-3,10H2,1H3,(H,23,24). The Labute approximate surface area is 150 Å². The molecule has 1 aliphatic rings. The molecule has 3 rings (SSSR count). The average molecular weight is 364 g/mol. The van der Waals surface area contributed by atoms with Crippen LogP contribution in [0.4, 0.5) is 4.39 Å². The minimum atomic E-state index is -0.856. The topological polar surface area (TPSA) is 49.8 Å². The monoisotopic (exact) mass is 363 g/mol. The summed E-state index contributed by atoms with van der Waals surface area (Å²) < 4.78 is 19.2. The number of nitrogens with zero attached hydrogens (tertiary/aromatic N) is 1. The van der Waals surface area contributed by atoms with E-state index in [2.05, 4.69) is 0 Å². The van der Waals surface area contributed by atoms with Gasteiger partial charge in [-0.3, -0.25) is 9.69 Å². The van der Waals surface area contributed by atoms with Crippen molar-refractivity contribution in [3.05, 3.63) is 64.4 Å². The van der Waals surface area contributed by atoms with E-state index in [0.717, 1.165) is 12.0 Å². The first-order chi connectivity index (χ1) is 12.0. The Bertz CT molecular complexity index is 766. The largest absolute Gasteiger partial charge is 0.494 e. The van der Waals surface area contributed by atoms with Crippen molar-refractivity contribution in [2.24, 2.45) is 0 Å². The number of hydrogen-bond acceptors (Lipinski definition) is 3. The molecule has 0 saturated carbocycles. The first-order valence-electron chi connectivity index (χ1n) is 8.08. The van der Waals surface area contributed by atoms with E-state index in [-0.39, 0.29) is 11.8 Å². The zero-order valence-corrected chi connectivity index (χ0v) is 14.5. The summed E-state index contributed by atoms with van der Waals surface area (Å²) in [6, 6.07) is 11.0. The highest BCUT2D eigenvalue weighted by Gasteiger charge is 2.37. The Morgan fingerprint density at radius 1 is 1.28 bits per heavy atom. The molecule has 0 aromatic heterocycles. The number of methoxy groups -OCH3 is 1. The van der Waals surface area contributed by atoms with Gasteiger partial charge in [-0.15, -0.1) is 0 Å². The summed E-state index contributed by atoms with van der Waals surface area (Å²) in [4.78, 5) is 13.6. The minimum Gasteiger partial charge on any atom is -0.494 e. The molecule has 2 atom stereocenters.